The molecule has 1 amide bonds. The second-order valence-electron chi connectivity index (χ2n) is 3.41. The summed E-state index contributed by atoms with van der Waals surface area (Å²) in [5, 5.41) is 36.1. The van der Waals surface area contributed by atoms with Crippen LogP contribution in [0.5, 0.6) is 0 Å². The smallest absolute Gasteiger partial charge is 0.240 e. The van der Waals surface area contributed by atoms with Gasteiger partial charge in [0.2, 0.25) is 5.91 Å². The predicted molar refractivity (Wildman–Crippen MR) is 57.3 cm³/mol. The van der Waals surface area contributed by atoms with Crippen LogP contribution in [0.15, 0.2) is 12.7 Å². The van der Waals surface area contributed by atoms with Crippen LogP contribution in [0.4, 0.5) is 0 Å². The molecule has 5 atom stereocenters. The lowest BCUT2D eigenvalue weighted by Crippen LogP contribution is -2.61. The van der Waals surface area contributed by atoms with Gasteiger partial charge in [0.15, 0.2) is 6.29 Å². The molecule has 1 aliphatic heterocycles. The van der Waals surface area contributed by atoms with Gasteiger partial charge in [0.25, 0.3) is 0 Å². The Kier molecular flexibility index (Phi) is 6.88. The standard InChI is InChI=1S/C6H13NO5.C3H5NO/c7-3-5(10)4(9)2(1-8)12-6(3)11;1-2-3(4)5/h2-6,8-11H,1,7H2;2H,1H2,(H2,4,5)/t2-,3-,4-,5-,6-;/m1./s1. The maximum atomic E-state index is 9.47. The van der Waals surface area contributed by atoms with E-state index in [4.69, 9.17) is 20.7 Å². The average Bonchev–Trinajstić information content (AvgIpc) is 2.31. The minimum Gasteiger partial charge on any atom is -0.394 e. The second-order valence-corrected chi connectivity index (χ2v) is 3.41. The highest BCUT2D eigenvalue weighted by Crippen LogP contribution is 2.17. The Morgan fingerprint density at radius 2 is 1.82 bits per heavy atom. The summed E-state index contributed by atoms with van der Waals surface area (Å²) >= 11 is 0. The number of aliphatic hydroxyl groups is 4. The quantitative estimate of drug-likeness (QED) is 0.276. The molecule has 0 aromatic rings. The molecule has 1 heterocycles. The topological polar surface area (TPSA) is 159 Å². The van der Waals surface area contributed by atoms with Gasteiger partial charge in [-0.1, -0.05) is 6.58 Å². The van der Waals surface area contributed by atoms with Gasteiger partial charge in [-0.15, -0.1) is 0 Å². The molecular weight excluding hydrogens is 232 g/mol. The highest BCUT2D eigenvalue weighted by Gasteiger charge is 2.41. The number of carbonyl (C=O) groups is 1. The van der Waals surface area contributed by atoms with Crippen molar-refractivity contribution in [3.63, 3.8) is 0 Å². The zero-order valence-corrected chi connectivity index (χ0v) is 9.14. The Bertz CT molecular complexity index is 257. The van der Waals surface area contributed by atoms with Crippen LogP contribution < -0.4 is 11.5 Å². The van der Waals surface area contributed by atoms with Gasteiger partial charge >= 0.3 is 0 Å². The molecule has 8 nitrogen and oxygen atoms in total. The zero-order valence-electron chi connectivity index (χ0n) is 9.14. The van der Waals surface area contributed by atoms with E-state index in [1.54, 1.807) is 0 Å². The minimum atomic E-state index is -1.35. The molecule has 0 aromatic heterocycles. The van der Waals surface area contributed by atoms with Crippen molar-refractivity contribution in [2.45, 2.75) is 30.6 Å². The Morgan fingerprint density at radius 1 is 1.35 bits per heavy atom. The van der Waals surface area contributed by atoms with Gasteiger partial charge in [-0.3, -0.25) is 4.79 Å². The fourth-order valence-electron chi connectivity index (χ4n) is 1.12. The van der Waals surface area contributed by atoms with E-state index >= 15 is 0 Å². The van der Waals surface area contributed by atoms with Gasteiger partial charge < -0.3 is 36.6 Å². The molecule has 0 aliphatic carbocycles. The second kappa shape index (κ2) is 7.33. The van der Waals surface area contributed by atoms with E-state index < -0.39 is 43.2 Å². The van der Waals surface area contributed by atoms with Gasteiger partial charge in [0.05, 0.1) is 12.6 Å². The van der Waals surface area contributed by atoms with Gasteiger partial charge in [-0.05, 0) is 6.08 Å². The summed E-state index contributed by atoms with van der Waals surface area (Å²) in [5.41, 5.74) is 9.80. The Balaban J connectivity index is 0.000000437. The largest absolute Gasteiger partial charge is 0.394 e. The maximum absolute atomic E-state index is 9.47. The number of ether oxygens (including phenoxy) is 1. The molecule has 1 fully saturated rings. The molecule has 0 aromatic carbocycles. The van der Waals surface area contributed by atoms with Crippen LogP contribution in [0, 0.1) is 0 Å². The fraction of sp³-hybridized carbons (Fsp3) is 0.667. The lowest BCUT2D eigenvalue weighted by molar-refractivity contribution is -0.248. The summed E-state index contributed by atoms with van der Waals surface area (Å²) in [5.74, 6) is -0.481. The molecule has 0 bridgehead atoms. The molecule has 17 heavy (non-hydrogen) atoms. The van der Waals surface area contributed by atoms with Crippen LogP contribution in [0.3, 0.4) is 0 Å². The van der Waals surface area contributed by atoms with E-state index in [-0.39, 0.29) is 0 Å². The van der Waals surface area contributed by atoms with Gasteiger partial charge in [0.1, 0.15) is 18.3 Å². The van der Waals surface area contributed by atoms with Gasteiger partial charge in [-0.2, -0.15) is 0 Å². The number of hydrogen-bond donors (Lipinski definition) is 6. The molecule has 1 aliphatic rings. The van der Waals surface area contributed by atoms with Crippen molar-refractivity contribution in [3.05, 3.63) is 12.7 Å². The Hall–Kier alpha value is -1.03. The van der Waals surface area contributed by atoms with Crippen molar-refractivity contribution in [1.82, 2.24) is 0 Å². The van der Waals surface area contributed by atoms with Crippen molar-refractivity contribution in [2.24, 2.45) is 11.5 Å². The summed E-state index contributed by atoms with van der Waals surface area (Å²) in [7, 11) is 0. The fourth-order valence-corrected chi connectivity index (χ4v) is 1.12. The molecule has 0 radical (unpaired) electrons. The monoisotopic (exact) mass is 250 g/mol. The number of aliphatic hydroxyl groups excluding tert-OH is 4. The molecule has 0 spiro atoms. The lowest BCUT2D eigenvalue weighted by Gasteiger charge is -2.38. The summed E-state index contributed by atoms with van der Waals surface area (Å²) in [4.78, 5) is 9.47. The number of nitrogens with two attached hydrogens (primary N) is 2. The first kappa shape index (κ1) is 16.0. The lowest BCUT2D eigenvalue weighted by atomic mass is 9.98. The highest BCUT2D eigenvalue weighted by molar-refractivity contribution is 5.84. The third-order valence-corrected chi connectivity index (χ3v) is 2.15. The molecule has 8 heteroatoms. The summed E-state index contributed by atoms with van der Waals surface area (Å²) in [6.45, 7) is 2.62. The number of carbonyl (C=O) groups excluding carboxylic acids is 1. The van der Waals surface area contributed by atoms with Crippen LogP contribution in [-0.2, 0) is 9.53 Å². The van der Waals surface area contributed by atoms with E-state index in [1.165, 1.54) is 0 Å². The first-order valence-corrected chi connectivity index (χ1v) is 4.83. The molecule has 0 unspecified atom stereocenters. The number of hydrogen-bond acceptors (Lipinski definition) is 7. The summed E-state index contributed by atoms with van der Waals surface area (Å²) in [6, 6.07) is -1.04. The van der Waals surface area contributed by atoms with Crippen LogP contribution in [0.25, 0.3) is 0 Å². The molecule has 8 N–H and O–H groups in total. The van der Waals surface area contributed by atoms with Crippen molar-refractivity contribution in [3.8, 4) is 0 Å². The van der Waals surface area contributed by atoms with Crippen LogP contribution in [0.2, 0.25) is 0 Å². The predicted octanol–water partition coefficient (Wildman–Crippen LogP) is -3.60. The number of amides is 1. The van der Waals surface area contributed by atoms with Crippen molar-refractivity contribution in [1.29, 1.82) is 0 Å². The van der Waals surface area contributed by atoms with E-state index in [1.807, 2.05) is 0 Å². The van der Waals surface area contributed by atoms with Crippen molar-refractivity contribution >= 4 is 5.91 Å². The molecule has 0 saturated carbocycles. The van der Waals surface area contributed by atoms with Gasteiger partial charge in [0, 0.05) is 0 Å². The van der Waals surface area contributed by atoms with Crippen LogP contribution in [-0.4, -0.2) is 63.6 Å². The van der Waals surface area contributed by atoms with Crippen LogP contribution >= 0.6 is 0 Å². The van der Waals surface area contributed by atoms with E-state index in [0.29, 0.717) is 0 Å². The molecular formula is C9H18N2O6. The SMILES string of the molecule is C=CC(N)=O.N[C@@H]1[C@@H](O)[C@H](O)[C@@H](CO)O[C@H]1O. The van der Waals surface area contributed by atoms with Gasteiger partial charge in [-0.25, -0.2) is 0 Å². The van der Waals surface area contributed by atoms with Crippen molar-refractivity contribution in [2.75, 3.05) is 6.61 Å². The number of rotatable bonds is 2. The summed E-state index contributed by atoms with van der Waals surface area (Å²) < 4.78 is 4.70. The average molecular weight is 250 g/mol. The molecule has 1 rings (SSSR count). The molecule has 1 saturated heterocycles. The van der Waals surface area contributed by atoms with Crippen molar-refractivity contribution < 1.29 is 30.0 Å². The summed E-state index contributed by atoms with van der Waals surface area (Å²) in [6.07, 6.45) is -3.80. The van der Waals surface area contributed by atoms with Crippen LogP contribution in [0.1, 0.15) is 0 Å². The third kappa shape index (κ3) is 4.77. The minimum absolute atomic E-state index is 0.470. The normalized spacial score (nSPS) is 36.6. The zero-order chi connectivity index (χ0) is 13.6. The van der Waals surface area contributed by atoms with E-state index in [2.05, 4.69) is 12.3 Å². The Labute approximate surface area is 98.1 Å². The van der Waals surface area contributed by atoms with E-state index in [9.17, 15) is 15.0 Å². The van der Waals surface area contributed by atoms with E-state index in [0.717, 1.165) is 6.08 Å². The number of primary amides is 1. The highest BCUT2D eigenvalue weighted by atomic mass is 16.6. The molecule has 100 valence electrons. The first-order chi connectivity index (χ1) is 7.84. The third-order valence-electron chi connectivity index (χ3n) is 2.15. The Morgan fingerprint density at radius 3 is 2.18 bits per heavy atom. The first-order valence-electron chi connectivity index (χ1n) is 4.83. The maximum Gasteiger partial charge on any atom is 0.240 e.